The summed E-state index contributed by atoms with van der Waals surface area (Å²) >= 11 is 0. The van der Waals surface area contributed by atoms with E-state index in [2.05, 4.69) is 20.4 Å². The summed E-state index contributed by atoms with van der Waals surface area (Å²) in [6, 6.07) is 4.40. The quantitative estimate of drug-likeness (QED) is 0.270. The SMILES string of the molecule is CCNC(=NCc1cc(OC)ccc1OC(F)F)NCCCCC(F)(F)F. The fraction of sp³-hybridized carbons (Fsp3) is 0.588. The molecule has 0 fully saturated rings. The number of aliphatic imine (C=N–C) groups is 1. The lowest BCUT2D eigenvalue weighted by molar-refractivity contribution is -0.135. The van der Waals surface area contributed by atoms with E-state index in [-0.39, 0.29) is 18.7 Å². The van der Waals surface area contributed by atoms with E-state index in [1.165, 1.54) is 25.3 Å². The molecule has 0 atom stereocenters. The summed E-state index contributed by atoms with van der Waals surface area (Å²) in [6.07, 6.45) is -4.66. The maximum atomic E-state index is 12.5. The Labute approximate surface area is 154 Å². The molecule has 2 N–H and O–H groups in total. The van der Waals surface area contributed by atoms with Crippen molar-refractivity contribution in [1.29, 1.82) is 0 Å². The summed E-state index contributed by atoms with van der Waals surface area (Å²) < 4.78 is 71.0. The van der Waals surface area contributed by atoms with E-state index in [0.717, 1.165) is 0 Å². The Balaban J connectivity index is 2.70. The van der Waals surface area contributed by atoms with E-state index in [1.54, 1.807) is 0 Å². The lowest BCUT2D eigenvalue weighted by Gasteiger charge is -2.14. The lowest BCUT2D eigenvalue weighted by atomic mass is 10.2. The number of nitrogens with zero attached hydrogens (tertiary/aromatic N) is 1. The van der Waals surface area contributed by atoms with Crippen molar-refractivity contribution >= 4 is 5.96 Å². The molecule has 0 aliphatic heterocycles. The van der Waals surface area contributed by atoms with Gasteiger partial charge in [0.05, 0.1) is 13.7 Å². The third-order valence-corrected chi connectivity index (χ3v) is 3.41. The fourth-order valence-corrected chi connectivity index (χ4v) is 2.18. The first kappa shape index (κ1) is 22.8. The Morgan fingerprint density at radius 3 is 2.52 bits per heavy atom. The number of methoxy groups -OCH3 is 1. The molecule has 0 aromatic heterocycles. The standard InChI is InChI=1S/C17H24F5N3O2/c1-3-23-16(24-9-5-4-8-17(20,21)22)25-11-12-10-13(26-2)6-7-14(12)27-15(18)19/h6-7,10,15H,3-5,8-9,11H2,1-2H3,(H2,23,24,25). The van der Waals surface area contributed by atoms with Gasteiger partial charge in [0.2, 0.25) is 0 Å². The minimum absolute atomic E-state index is 0.0121. The molecule has 0 saturated heterocycles. The first-order valence-corrected chi connectivity index (χ1v) is 8.45. The van der Waals surface area contributed by atoms with E-state index < -0.39 is 19.2 Å². The molecule has 0 bridgehead atoms. The van der Waals surface area contributed by atoms with Gasteiger partial charge in [0.15, 0.2) is 5.96 Å². The van der Waals surface area contributed by atoms with Crippen LogP contribution in [0.25, 0.3) is 0 Å². The molecule has 10 heteroatoms. The molecule has 0 heterocycles. The second-order valence-corrected chi connectivity index (χ2v) is 5.55. The molecule has 0 aliphatic rings. The van der Waals surface area contributed by atoms with E-state index in [4.69, 9.17) is 4.74 Å². The summed E-state index contributed by atoms with van der Waals surface area (Å²) in [7, 11) is 1.45. The van der Waals surface area contributed by atoms with Crippen LogP contribution in [0.2, 0.25) is 0 Å². The molecule has 0 aliphatic carbocycles. The summed E-state index contributed by atoms with van der Waals surface area (Å²) in [5, 5.41) is 5.86. The Kier molecular flexibility index (Phi) is 9.66. The van der Waals surface area contributed by atoms with Crippen LogP contribution in [0.4, 0.5) is 22.0 Å². The predicted molar refractivity (Wildman–Crippen MR) is 92.4 cm³/mol. The zero-order chi connectivity index (χ0) is 20.3. The second-order valence-electron chi connectivity index (χ2n) is 5.55. The largest absolute Gasteiger partial charge is 0.497 e. The monoisotopic (exact) mass is 397 g/mol. The number of nitrogens with one attached hydrogen (secondary N) is 2. The van der Waals surface area contributed by atoms with E-state index in [0.29, 0.717) is 36.8 Å². The van der Waals surface area contributed by atoms with Crippen LogP contribution in [0.1, 0.15) is 31.7 Å². The number of halogens is 5. The van der Waals surface area contributed by atoms with Gasteiger partial charge in [-0.25, -0.2) is 4.99 Å². The number of alkyl halides is 5. The van der Waals surface area contributed by atoms with Gasteiger partial charge in [0.25, 0.3) is 0 Å². The van der Waals surface area contributed by atoms with Crippen LogP contribution >= 0.6 is 0 Å². The van der Waals surface area contributed by atoms with Gasteiger partial charge in [0, 0.05) is 25.1 Å². The molecule has 1 aromatic rings. The molecule has 27 heavy (non-hydrogen) atoms. The van der Waals surface area contributed by atoms with Crippen LogP contribution < -0.4 is 20.1 Å². The van der Waals surface area contributed by atoms with Crippen molar-refractivity contribution < 1.29 is 31.4 Å². The Bertz CT molecular complexity index is 594. The van der Waals surface area contributed by atoms with Gasteiger partial charge in [-0.1, -0.05) is 0 Å². The van der Waals surface area contributed by atoms with Gasteiger partial charge in [-0.05, 0) is 38.0 Å². The normalized spacial score (nSPS) is 12.2. The third kappa shape index (κ3) is 9.86. The molecule has 154 valence electrons. The number of ether oxygens (including phenoxy) is 2. The summed E-state index contributed by atoms with van der Waals surface area (Å²) in [6.45, 7) is -0.275. The Morgan fingerprint density at radius 2 is 1.93 bits per heavy atom. The molecular weight excluding hydrogens is 373 g/mol. The topological polar surface area (TPSA) is 54.9 Å². The highest BCUT2D eigenvalue weighted by atomic mass is 19.4. The first-order valence-electron chi connectivity index (χ1n) is 8.45. The molecule has 0 unspecified atom stereocenters. The molecular formula is C17H24F5N3O2. The van der Waals surface area contributed by atoms with Crippen molar-refractivity contribution in [3.8, 4) is 11.5 Å². The van der Waals surface area contributed by atoms with Crippen molar-refractivity contribution in [2.24, 2.45) is 4.99 Å². The smallest absolute Gasteiger partial charge is 0.389 e. The van der Waals surface area contributed by atoms with Crippen LogP contribution in [0, 0.1) is 0 Å². The summed E-state index contributed by atoms with van der Waals surface area (Å²) in [5.74, 6) is 0.817. The number of rotatable bonds is 10. The lowest BCUT2D eigenvalue weighted by Crippen LogP contribution is -2.37. The summed E-state index contributed by atoms with van der Waals surface area (Å²) in [5.41, 5.74) is 0.393. The van der Waals surface area contributed by atoms with Crippen LogP contribution in [-0.4, -0.2) is 38.9 Å². The zero-order valence-electron chi connectivity index (χ0n) is 15.2. The van der Waals surface area contributed by atoms with Crippen molar-refractivity contribution in [2.45, 2.75) is 45.5 Å². The van der Waals surface area contributed by atoms with E-state index >= 15 is 0 Å². The van der Waals surface area contributed by atoms with Crippen LogP contribution in [0.5, 0.6) is 11.5 Å². The van der Waals surface area contributed by atoms with Crippen molar-refractivity contribution in [3.63, 3.8) is 0 Å². The highest BCUT2D eigenvalue weighted by Gasteiger charge is 2.25. The molecule has 0 spiro atoms. The minimum atomic E-state index is -4.16. The Morgan fingerprint density at radius 1 is 1.19 bits per heavy atom. The molecule has 0 saturated carbocycles. The molecule has 0 radical (unpaired) electrons. The van der Waals surface area contributed by atoms with Crippen molar-refractivity contribution in [2.75, 3.05) is 20.2 Å². The number of benzene rings is 1. The highest BCUT2D eigenvalue weighted by molar-refractivity contribution is 5.79. The molecule has 1 rings (SSSR count). The first-order chi connectivity index (χ1) is 12.7. The number of hydrogen-bond acceptors (Lipinski definition) is 3. The van der Waals surface area contributed by atoms with Crippen LogP contribution in [0.15, 0.2) is 23.2 Å². The molecule has 0 amide bonds. The maximum Gasteiger partial charge on any atom is 0.389 e. The van der Waals surface area contributed by atoms with Gasteiger partial charge in [-0.2, -0.15) is 22.0 Å². The average Bonchev–Trinajstić information content (AvgIpc) is 2.58. The zero-order valence-corrected chi connectivity index (χ0v) is 15.2. The Hall–Kier alpha value is -2.26. The minimum Gasteiger partial charge on any atom is -0.497 e. The van der Waals surface area contributed by atoms with Gasteiger partial charge < -0.3 is 20.1 Å². The highest BCUT2D eigenvalue weighted by Crippen LogP contribution is 2.26. The van der Waals surface area contributed by atoms with Crippen molar-refractivity contribution in [3.05, 3.63) is 23.8 Å². The number of guanidine groups is 1. The fourth-order valence-electron chi connectivity index (χ4n) is 2.18. The van der Waals surface area contributed by atoms with E-state index in [1.807, 2.05) is 6.92 Å². The van der Waals surface area contributed by atoms with Gasteiger partial charge in [-0.3, -0.25) is 0 Å². The third-order valence-electron chi connectivity index (χ3n) is 3.41. The van der Waals surface area contributed by atoms with Gasteiger partial charge in [0.1, 0.15) is 11.5 Å². The van der Waals surface area contributed by atoms with Gasteiger partial charge in [-0.15, -0.1) is 0 Å². The van der Waals surface area contributed by atoms with Crippen LogP contribution in [0.3, 0.4) is 0 Å². The second kappa shape index (κ2) is 11.5. The number of unbranched alkanes of at least 4 members (excludes halogenated alkanes) is 1. The van der Waals surface area contributed by atoms with Gasteiger partial charge >= 0.3 is 12.8 Å². The van der Waals surface area contributed by atoms with Crippen LogP contribution in [-0.2, 0) is 6.54 Å². The predicted octanol–water partition coefficient (Wildman–Crippen LogP) is 4.08. The van der Waals surface area contributed by atoms with Crippen molar-refractivity contribution in [1.82, 2.24) is 10.6 Å². The number of hydrogen-bond donors (Lipinski definition) is 2. The average molecular weight is 397 g/mol. The summed E-state index contributed by atoms with van der Waals surface area (Å²) in [4.78, 5) is 4.27. The van der Waals surface area contributed by atoms with E-state index in [9.17, 15) is 22.0 Å². The maximum absolute atomic E-state index is 12.5. The molecule has 5 nitrogen and oxygen atoms in total. The molecule has 1 aromatic carbocycles.